The van der Waals surface area contributed by atoms with E-state index in [-0.39, 0.29) is 11.3 Å². The average molecular weight is 352 g/mol. The van der Waals surface area contributed by atoms with Crippen molar-refractivity contribution in [1.82, 2.24) is 0 Å². The van der Waals surface area contributed by atoms with Gasteiger partial charge >= 0.3 is 5.97 Å². The van der Waals surface area contributed by atoms with Crippen LogP contribution in [0.15, 0.2) is 48.5 Å². The fourth-order valence-corrected chi connectivity index (χ4v) is 3.81. The van der Waals surface area contributed by atoms with Gasteiger partial charge in [0.25, 0.3) is 0 Å². The van der Waals surface area contributed by atoms with E-state index in [1.807, 2.05) is 36.4 Å². The summed E-state index contributed by atoms with van der Waals surface area (Å²) >= 11 is 0. The van der Waals surface area contributed by atoms with Crippen LogP contribution in [0.2, 0.25) is 0 Å². The minimum atomic E-state index is -0.588. The Morgan fingerprint density at radius 3 is 2.46 bits per heavy atom. The summed E-state index contributed by atoms with van der Waals surface area (Å²) in [4.78, 5) is 13.0. The highest BCUT2D eigenvalue weighted by Gasteiger charge is 2.38. The van der Waals surface area contributed by atoms with Gasteiger partial charge in [-0.05, 0) is 61.3 Å². The summed E-state index contributed by atoms with van der Waals surface area (Å²) in [5.41, 5.74) is 1.78. The molecule has 0 heterocycles. The standard InChI is InChI=1S/C23H28O3/c1-3-17(2)18-12-13-21(24)20(16-18)22(25)26-23(14-8-5-9-15-23)19-10-6-4-7-11-19/h4,6-7,10-13,16-17,24H,3,5,8-9,14-15H2,1-2H3. The lowest BCUT2D eigenvalue weighted by Gasteiger charge is -2.37. The number of carbonyl (C=O) groups excluding carboxylic acids is 1. The molecule has 0 aliphatic heterocycles. The summed E-state index contributed by atoms with van der Waals surface area (Å²) < 4.78 is 6.10. The molecule has 3 nitrogen and oxygen atoms in total. The molecule has 0 saturated heterocycles. The molecule has 0 amide bonds. The average Bonchev–Trinajstić information content (AvgIpc) is 2.69. The third-order valence-electron chi connectivity index (χ3n) is 5.67. The molecule has 26 heavy (non-hydrogen) atoms. The number of aromatic hydroxyl groups is 1. The van der Waals surface area contributed by atoms with Gasteiger partial charge in [0.15, 0.2) is 0 Å². The maximum atomic E-state index is 13.0. The maximum Gasteiger partial charge on any atom is 0.342 e. The first-order valence-corrected chi connectivity index (χ1v) is 9.67. The van der Waals surface area contributed by atoms with Gasteiger partial charge < -0.3 is 9.84 Å². The van der Waals surface area contributed by atoms with Crippen LogP contribution in [0, 0.1) is 0 Å². The van der Waals surface area contributed by atoms with E-state index in [1.165, 1.54) is 6.42 Å². The van der Waals surface area contributed by atoms with Gasteiger partial charge in [-0.15, -0.1) is 0 Å². The number of hydrogen-bond donors (Lipinski definition) is 1. The third kappa shape index (κ3) is 3.77. The second kappa shape index (κ2) is 7.94. The van der Waals surface area contributed by atoms with Crippen LogP contribution in [0.25, 0.3) is 0 Å². The summed E-state index contributed by atoms with van der Waals surface area (Å²) in [5, 5.41) is 10.2. The third-order valence-corrected chi connectivity index (χ3v) is 5.67. The number of hydrogen-bond acceptors (Lipinski definition) is 3. The normalized spacial score (nSPS) is 17.5. The fraction of sp³-hybridized carbons (Fsp3) is 0.435. The Morgan fingerprint density at radius 2 is 1.81 bits per heavy atom. The molecule has 0 bridgehead atoms. The van der Waals surface area contributed by atoms with Crippen molar-refractivity contribution < 1.29 is 14.6 Å². The molecule has 1 saturated carbocycles. The van der Waals surface area contributed by atoms with Crippen molar-refractivity contribution >= 4 is 5.97 Å². The number of ether oxygens (including phenoxy) is 1. The Balaban J connectivity index is 1.92. The molecule has 1 fully saturated rings. The van der Waals surface area contributed by atoms with Crippen molar-refractivity contribution in [1.29, 1.82) is 0 Å². The van der Waals surface area contributed by atoms with E-state index in [0.717, 1.165) is 43.2 Å². The topological polar surface area (TPSA) is 46.5 Å². The monoisotopic (exact) mass is 352 g/mol. The lowest BCUT2D eigenvalue weighted by molar-refractivity contribution is -0.0418. The van der Waals surface area contributed by atoms with Crippen LogP contribution in [0.3, 0.4) is 0 Å². The summed E-state index contributed by atoms with van der Waals surface area (Å²) in [7, 11) is 0. The number of carbonyl (C=O) groups is 1. The first-order valence-electron chi connectivity index (χ1n) is 9.67. The van der Waals surface area contributed by atoms with E-state index < -0.39 is 11.6 Å². The van der Waals surface area contributed by atoms with Crippen LogP contribution in [0.5, 0.6) is 5.75 Å². The molecule has 1 atom stereocenters. The molecule has 0 spiro atoms. The molecular formula is C23H28O3. The molecule has 138 valence electrons. The first-order chi connectivity index (χ1) is 12.6. The maximum absolute atomic E-state index is 13.0. The van der Waals surface area contributed by atoms with E-state index in [1.54, 1.807) is 12.1 Å². The Kier molecular flexibility index (Phi) is 5.65. The van der Waals surface area contributed by atoms with Crippen molar-refractivity contribution in [2.45, 2.75) is 63.9 Å². The first kappa shape index (κ1) is 18.5. The van der Waals surface area contributed by atoms with Crippen molar-refractivity contribution in [2.75, 3.05) is 0 Å². The van der Waals surface area contributed by atoms with Gasteiger partial charge in [0.1, 0.15) is 16.9 Å². The Bertz CT molecular complexity index is 745. The highest BCUT2D eigenvalue weighted by molar-refractivity contribution is 5.93. The van der Waals surface area contributed by atoms with Crippen LogP contribution in [-0.2, 0) is 10.3 Å². The lowest BCUT2D eigenvalue weighted by atomic mass is 9.79. The molecule has 1 unspecified atom stereocenters. The molecule has 0 aromatic heterocycles. The van der Waals surface area contributed by atoms with Gasteiger partial charge in [-0.1, -0.05) is 56.7 Å². The van der Waals surface area contributed by atoms with Crippen molar-refractivity contribution in [3.63, 3.8) is 0 Å². The SMILES string of the molecule is CCC(C)c1ccc(O)c(C(=O)OC2(c3ccccc3)CCCCC2)c1. The largest absolute Gasteiger partial charge is 0.507 e. The zero-order chi connectivity index (χ0) is 18.6. The molecule has 2 aromatic rings. The second-order valence-electron chi connectivity index (χ2n) is 7.40. The summed E-state index contributed by atoms with van der Waals surface area (Å²) in [6, 6.07) is 15.3. The lowest BCUT2D eigenvalue weighted by Crippen LogP contribution is -2.34. The molecule has 1 aliphatic rings. The second-order valence-corrected chi connectivity index (χ2v) is 7.40. The summed E-state index contributed by atoms with van der Waals surface area (Å²) in [6.07, 6.45) is 5.89. The Hall–Kier alpha value is -2.29. The highest BCUT2D eigenvalue weighted by Crippen LogP contribution is 2.41. The summed E-state index contributed by atoms with van der Waals surface area (Å²) in [6.45, 7) is 4.23. The van der Waals surface area contributed by atoms with Crippen molar-refractivity contribution in [3.8, 4) is 5.75 Å². The van der Waals surface area contributed by atoms with Gasteiger partial charge in [-0.25, -0.2) is 4.79 Å². The van der Waals surface area contributed by atoms with E-state index in [4.69, 9.17) is 4.74 Å². The Labute approximate surface area is 156 Å². The zero-order valence-electron chi connectivity index (χ0n) is 15.7. The van der Waals surface area contributed by atoms with Crippen molar-refractivity contribution in [3.05, 3.63) is 65.2 Å². The van der Waals surface area contributed by atoms with Gasteiger partial charge in [-0.3, -0.25) is 0 Å². The molecule has 3 rings (SSSR count). The van der Waals surface area contributed by atoms with Crippen LogP contribution in [0.1, 0.15) is 79.8 Å². The number of rotatable bonds is 5. The van der Waals surface area contributed by atoms with Crippen molar-refractivity contribution in [2.24, 2.45) is 0 Å². The van der Waals surface area contributed by atoms with Gasteiger partial charge in [0.05, 0.1) is 0 Å². The van der Waals surface area contributed by atoms with Gasteiger partial charge in [0, 0.05) is 0 Å². The van der Waals surface area contributed by atoms with Crippen LogP contribution in [0.4, 0.5) is 0 Å². The minimum Gasteiger partial charge on any atom is -0.507 e. The van der Waals surface area contributed by atoms with E-state index in [9.17, 15) is 9.90 Å². The predicted molar refractivity (Wildman–Crippen MR) is 103 cm³/mol. The van der Waals surface area contributed by atoms with Gasteiger partial charge in [0.2, 0.25) is 0 Å². The smallest absolute Gasteiger partial charge is 0.342 e. The number of benzene rings is 2. The molecular weight excluding hydrogens is 324 g/mol. The van der Waals surface area contributed by atoms with E-state index in [2.05, 4.69) is 13.8 Å². The minimum absolute atomic E-state index is 0.0129. The van der Waals surface area contributed by atoms with Crippen LogP contribution in [-0.4, -0.2) is 11.1 Å². The van der Waals surface area contributed by atoms with E-state index >= 15 is 0 Å². The van der Waals surface area contributed by atoms with Crippen LogP contribution < -0.4 is 0 Å². The molecule has 2 aromatic carbocycles. The quantitative estimate of drug-likeness (QED) is 0.679. The Morgan fingerprint density at radius 1 is 1.12 bits per heavy atom. The fourth-order valence-electron chi connectivity index (χ4n) is 3.81. The van der Waals surface area contributed by atoms with Gasteiger partial charge in [-0.2, -0.15) is 0 Å². The number of esters is 1. The number of phenolic OH excluding ortho intramolecular Hbond substituents is 1. The predicted octanol–water partition coefficient (Wildman–Crippen LogP) is 5.92. The zero-order valence-corrected chi connectivity index (χ0v) is 15.7. The summed E-state index contributed by atoms with van der Waals surface area (Å²) in [5.74, 6) is -0.112. The van der Waals surface area contributed by atoms with E-state index in [0.29, 0.717) is 5.92 Å². The van der Waals surface area contributed by atoms with Crippen LogP contribution >= 0.6 is 0 Å². The molecule has 1 N–H and O–H groups in total. The highest BCUT2D eigenvalue weighted by atomic mass is 16.6. The molecule has 1 aliphatic carbocycles. The molecule has 0 radical (unpaired) electrons. The molecule has 3 heteroatoms. The number of phenols is 1.